The molecule has 1 heterocycles. The van der Waals surface area contributed by atoms with Crippen molar-refractivity contribution in [3.8, 4) is 0 Å². The summed E-state index contributed by atoms with van der Waals surface area (Å²) >= 11 is 6.03. The van der Waals surface area contributed by atoms with E-state index in [9.17, 15) is 5.11 Å². The van der Waals surface area contributed by atoms with E-state index >= 15 is 0 Å². The zero-order valence-electron chi connectivity index (χ0n) is 12.9. The standard InChI is InChI=1S/C20H18ClNO/c1-14(13-23)17-4-2-3-15(11-17)5-9-19-10-7-16-6-8-18(21)12-20(16)22-19/h2-12,14,23H,13H2,1H3. The molecule has 0 aliphatic carbocycles. The Morgan fingerprint density at radius 3 is 2.74 bits per heavy atom. The Labute approximate surface area is 141 Å². The first-order valence-electron chi connectivity index (χ1n) is 7.61. The summed E-state index contributed by atoms with van der Waals surface area (Å²) < 4.78 is 0. The summed E-state index contributed by atoms with van der Waals surface area (Å²) in [5.41, 5.74) is 4.01. The highest BCUT2D eigenvalue weighted by Gasteiger charge is 2.03. The normalized spacial score (nSPS) is 12.8. The largest absolute Gasteiger partial charge is 0.396 e. The van der Waals surface area contributed by atoms with Crippen LogP contribution in [-0.2, 0) is 0 Å². The van der Waals surface area contributed by atoms with Crippen LogP contribution >= 0.6 is 11.6 Å². The van der Waals surface area contributed by atoms with Crippen molar-refractivity contribution in [2.75, 3.05) is 6.61 Å². The summed E-state index contributed by atoms with van der Waals surface area (Å²) in [6.45, 7) is 2.16. The predicted octanol–water partition coefficient (Wildman–Crippen LogP) is 5.15. The maximum Gasteiger partial charge on any atom is 0.0724 e. The van der Waals surface area contributed by atoms with Crippen LogP contribution in [0.4, 0.5) is 0 Å². The number of rotatable bonds is 4. The Kier molecular flexibility index (Phi) is 4.75. The number of aromatic nitrogens is 1. The first-order valence-corrected chi connectivity index (χ1v) is 7.99. The molecular formula is C20H18ClNO. The Morgan fingerprint density at radius 2 is 1.91 bits per heavy atom. The third-order valence-electron chi connectivity index (χ3n) is 3.88. The number of fused-ring (bicyclic) bond motifs is 1. The Bertz CT molecular complexity index is 857. The van der Waals surface area contributed by atoms with Crippen LogP contribution in [0.1, 0.15) is 29.7 Å². The molecule has 116 valence electrons. The second-order valence-corrected chi connectivity index (χ2v) is 6.10. The molecule has 0 amide bonds. The van der Waals surface area contributed by atoms with Gasteiger partial charge in [-0.05, 0) is 35.4 Å². The Morgan fingerprint density at radius 1 is 1.09 bits per heavy atom. The molecule has 0 aliphatic heterocycles. The molecule has 0 bridgehead atoms. The van der Waals surface area contributed by atoms with Crippen molar-refractivity contribution in [1.29, 1.82) is 0 Å². The van der Waals surface area contributed by atoms with E-state index in [-0.39, 0.29) is 12.5 Å². The maximum atomic E-state index is 9.27. The summed E-state index contributed by atoms with van der Waals surface area (Å²) in [6, 6.07) is 17.9. The Balaban J connectivity index is 1.87. The smallest absolute Gasteiger partial charge is 0.0724 e. The summed E-state index contributed by atoms with van der Waals surface area (Å²) in [6.07, 6.45) is 4.02. The zero-order valence-corrected chi connectivity index (χ0v) is 13.7. The average molecular weight is 324 g/mol. The second kappa shape index (κ2) is 6.95. The van der Waals surface area contributed by atoms with Gasteiger partial charge in [-0.15, -0.1) is 0 Å². The lowest BCUT2D eigenvalue weighted by molar-refractivity contribution is 0.273. The summed E-state index contributed by atoms with van der Waals surface area (Å²) in [5.74, 6) is 0.143. The van der Waals surface area contributed by atoms with Gasteiger partial charge in [0.25, 0.3) is 0 Å². The molecule has 3 rings (SSSR count). The number of aliphatic hydroxyl groups excluding tert-OH is 1. The number of hydrogen-bond donors (Lipinski definition) is 1. The molecule has 0 spiro atoms. The third kappa shape index (κ3) is 3.79. The monoisotopic (exact) mass is 323 g/mol. The van der Waals surface area contributed by atoms with Gasteiger partial charge < -0.3 is 5.11 Å². The molecule has 1 atom stereocenters. The van der Waals surface area contributed by atoms with Crippen LogP contribution in [0.5, 0.6) is 0 Å². The number of pyridine rings is 1. The molecule has 0 fully saturated rings. The lowest BCUT2D eigenvalue weighted by Crippen LogP contribution is -1.98. The average Bonchev–Trinajstić information content (AvgIpc) is 2.59. The van der Waals surface area contributed by atoms with Crippen LogP contribution in [-0.4, -0.2) is 16.7 Å². The van der Waals surface area contributed by atoms with Crippen LogP contribution in [0, 0.1) is 0 Å². The van der Waals surface area contributed by atoms with E-state index in [0.717, 1.165) is 27.7 Å². The fourth-order valence-electron chi connectivity index (χ4n) is 2.46. The topological polar surface area (TPSA) is 33.1 Å². The van der Waals surface area contributed by atoms with E-state index in [2.05, 4.69) is 11.1 Å². The number of aliphatic hydroxyl groups is 1. The molecule has 0 saturated carbocycles. The second-order valence-electron chi connectivity index (χ2n) is 5.66. The summed E-state index contributed by atoms with van der Waals surface area (Å²) in [7, 11) is 0. The summed E-state index contributed by atoms with van der Waals surface area (Å²) in [4.78, 5) is 4.61. The minimum atomic E-state index is 0.143. The predicted molar refractivity (Wildman–Crippen MR) is 97.6 cm³/mol. The van der Waals surface area contributed by atoms with Crippen LogP contribution in [0.2, 0.25) is 5.02 Å². The molecule has 0 aliphatic rings. The van der Waals surface area contributed by atoms with Gasteiger partial charge in [0.05, 0.1) is 11.2 Å². The van der Waals surface area contributed by atoms with Crippen molar-refractivity contribution < 1.29 is 5.11 Å². The maximum absolute atomic E-state index is 9.27. The lowest BCUT2D eigenvalue weighted by atomic mass is 10.00. The number of benzene rings is 2. The zero-order chi connectivity index (χ0) is 16.2. The van der Waals surface area contributed by atoms with Gasteiger partial charge in [-0.25, -0.2) is 4.98 Å². The minimum absolute atomic E-state index is 0.143. The quantitative estimate of drug-likeness (QED) is 0.720. The van der Waals surface area contributed by atoms with Gasteiger partial charge in [-0.1, -0.05) is 61.0 Å². The van der Waals surface area contributed by atoms with Crippen molar-refractivity contribution >= 4 is 34.7 Å². The van der Waals surface area contributed by atoms with Crippen LogP contribution in [0.3, 0.4) is 0 Å². The fourth-order valence-corrected chi connectivity index (χ4v) is 2.62. The van der Waals surface area contributed by atoms with E-state index < -0.39 is 0 Å². The van der Waals surface area contributed by atoms with Crippen molar-refractivity contribution in [1.82, 2.24) is 4.98 Å². The molecule has 3 heteroatoms. The van der Waals surface area contributed by atoms with Crippen LogP contribution in [0.25, 0.3) is 23.1 Å². The first-order chi connectivity index (χ1) is 11.2. The Hall–Kier alpha value is -2.16. The minimum Gasteiger partial charge on any atom is -0.396 e. The highest BCUT2D eigenvalue weighted by molar-refractivity contribution is 6.31. The molecule has 23 heavy (non-hydrogen) atoms. The molecule has 1 aromatic heterocycles. The molecule has 2 nitrogen and oxygen atoms in total. The highest BCUT2D eigenvalue weighted by Crippen LogP contribution is 2.20. The van der Waals surface area contributed by atoms with Gasteiger partial charge in [0.1, 0.15) is 0 Å². The van der Waals surface area contributed by atoms with E-state index in [1.807, 2.05) is 67.6 Å². The molecule has 0 radical (unpaired) electrons. The van der Waals surface area contributed by atoms with Crippen molar-refractivity contribution in [3.63, 3.8) is 0 Å². The van der Waals surface area contributed by atoms with Gasteiger partial charge >= 0.3 is 0 Å². The molecule has 3 aromatic rings. The fraction of sp³-hybridized carbons (Fsp3) is 0.150. The number of nitrogens with zero attached hydrogens (tertiary/aromatic N) is 1. The molecule has 1 unspecified atom stereocenters. The van der Waals surface area contributed by atoms with Crippen molar-refractivity contribution in [2.45, 2.75) is 12.8 Å². The van der Waals surface area contributed by atoms with E-state index in [1.54, 1.807) is 0 Å². The molecule has 2 aromatic carbocycles. The van der Waals surface area contributed by atoms with Gasteiger partial charge in [-0.2, -0.15) is 0 Å². The van der Waals surface area contributed by atoms with Crippen LogP contribution < -0.4 is 0 Å². The first kappa shape index (κ1) is 15.7. The van der Waals surface area contributed by atoms with Gasteiger partial charge in [0.15, 0.2) is 0 Å². The summed E-state index contributed by atoms with van der Waals surface area (Å²) in [5, 5.41) is 11.0. The van der Waals surface area contributed by atoms with E-state index in [4.69, 9.17) is 11.6 Å². The SMILES string of the molecule is CC(CO)c1cccc(C=Cc2ccc3ccc(Cl)cc3n2)c1. The van der Waals surface area contributed by atoms with Gasteiger partial charge in [0, 0.05) is 22.9 Å². The van der Waals surface area contributed by atoms with Gasteiger partial charge in [-0.3, -0.25) is 0 Å². The lowest BCUT2D eigenvalue weighted by Gasteiger charge is -2.08. The van der Waals surface area contributed by atoms with Crippen molar-refractivity contribution in [3.05, 3.63) is 76.4 Å². The van der Waals surface area contributed by atoms with Crippen molar-refractivity contribution in [2.24, 2.45) is 0 Å². The van der Waals surface area contributed by atoms with Gasteiger partial charge in [0.2, 0.25) is 0 Å². The molecule has 1 N–H and O–H groups in total. The number of halogens is 1. The molecule has 0 saturated heterocycles. The van der Waals surface area contributed by atoms with Crippen LogP contribution in [0.15, 0.2) is 54.6 Å². The highest BCUT2D eigenvalue weighted by atomic mass is 35.5. The van der Waals surface area contributed by atoms with E-state index in [0.29, 0.717) is 5.02 Å². The third-order valence-corrected chi connectivity index (χ3v) is 4.11. The number of hydrogen-bond acceptors (Lipinski definition) is 2. The van der Waals surface area contributed by atoms with E-state index in [1.165, 1.54) is 0 Å². The molecular weight excluding hydrogens is 306 g/mol.